The molecule has 0 fully saturated rings. The molecule has 0 aliphatic heterocycles. The third-order valence-corrected chi connectivity index (χ3v) is 1.54. The zero-order chi connectivity index (χ0) is 10.4. The molecule has 0 heterocycles. The molecule has 0 aliphatic carbocycles. The number of primary amides is 1. The fourth-order valence-electron chi connectivity index (χ4n) is 0.893. The molecule has 3 N–H and O–H groups in total. The molecule has 0 unspecified atom stereocenters. The lowest BCUT2D eigenvalue weighted by Gasteiger charge is -2.04. The van der Waals surface area contributed by atoms with Gasteiger partial charge in [-0.15, -0.1) is 0 Å². The van der Waals surface area contributed by atoms with Crippen LogP contribution in [0.25, 0.3) is 0 Å². The van der Waals surface area contributed by atoms with E-state index in [0.717, 1.165) is 0 Å². The Balaban J connectivity index is 2.31. The molecule has 4 nitrogen and oxygen atoms in total. The number of rotatable bonds is 5. The highest BCUT2D eigenvalue weighted by Crippen LogP contribution is 2.04. The molecule has 0 spiro atoms. The van der Waals surface area contributed by atoms with E-state index in [-0.39, 0.29) is 19.0 Å². The van der Waals surface area contributed by atoms with E-state index < -0.39 is 5.91 Å². The number of hydrogen-bond acceptors (Lipinski definition) is 3. The molecule has 1 amide bonds. The summed E-state index contributed by atoms with van der Waals surface area (Å²) in [6.45, 7) is -0.0333. The number of halogens is 1. The molecule has 5 heteroatoms. The number of benzene rings is 1. The van der Waals surface area contributed by atoms with Crippen molar-refractivity contribution in [3.63, 3.8) is 0 Å². The normalized spacial score (nSPS) is 10.1. The number of nitrogens with two attached hydrogens (primary N) is 1. The molecule has 14 heavy (non-hydrogen) atoms. The Labute approximate surface area is 80.8 Å². The van der Waals surface area contributed by atoms with Crippen LogP contribution in [0.1, 0.15) is 5.56 Å². The van der Waals surface area contributed by atoms with Gasteiger partial charge in [0, 0.05) is 12.1 Å². The summed E-state index contributed by atoms with van der Waals surface area (Å²) in [5.41, 5.74) is 7.73. The van der Waals surface area contributed by atoms with Crippen LogP contribution in [-0.2, 0) is 16.2 Å². The van der Waals surface area contributed by atoms with Crippen LogP contribution < -0.4 is 11.2 Å². The molecule has 1 aromatic rings. The maximum Gasteiger partial charge on any atom is 0.245 e. The predicted octanol–water partition coefficient (Wildman–Crippen LogP) is 0.332. The Kier molecular flexibility index (Phi) is 4.03. The standard InChI is InChI=1S/C9H11FN2O2/c10-8-4-2-1-3-7(8)5-12-14-6-9(11)13/h1-4,12H,5-6H2,(H2,11,13). The van der Waals surface area contributed by atoms with Gasteiger partial charge in [-0.3, -0.25) is 9.63 Å². The van der Waals surface area contributed by atoms with E-state index in [1.807, 2.05) is 0 Å². The van der Waals surface area contributed by atoms with Crippen LogP contribution in [0.4, 0.5) is 4.39 Å². The lowest BCUT2D eigenvalue weighted by atomic mass is 10.2. The maximum absolute atomic E-state index is 13.0. The largest absolute Gasteiger partial charge is 0.368 e. The summed E-state index contributed by atoms with van der Waals surface area (Å²) in [4.78, 5) is 14.9. The van der Waals surface area contributed by atoms with Gasteiger partial charge in [0.15, 0.2) is 0 Å². The number of nitrogens with one attached hydrogen (secondary N) is 1. The summed E-state index contributed by atoms with van der Waals surface area (Å²) >= 11 is 0. The fraction of sp³-hybridized carbons (Fsp3) is 0.222. The number of hydroxylamine groups is 1. The van der Waals surface area contributed by atoms with Crippen molar-refractivity contribution in [1.82, 2.24) is 5.48 Å². The monoisotopic (exact) mass is 198 g/mol. The van der Waals surface area contributed by atoms with Gasteiger partial charge in [-0.25, -0.2) is 4.39 Å². The molecule has 0 bridgehead atoms. The zero-order valence-corrected chi connectivity index (χ0v) is 7.50. The maximum atomic E-state index is 13.0. The molecular weight excluding hydrogens is 187 g/mol. The Morgan fingerprint density at radius 3 is 2.86 bits per heavy atom. The van der Waals surface area contributed by atoms with E-state index >= 15 is 0 Å². The highest BCUT2D eigenvalue weighted by atomic mass is 19.1. The average molecular weight is 198 g/mol. The number of carbonyl (C=O) groups excluding carboxylic acids is 1. The van der Waals surface area contributed by atoms with Crippen LogP contribution in [0, 0.1) is 5.82 Å². The summed E-state index contributed by atoms with van der Waals surface area (Å²) in [7, 11) is 0. The lowest BCUT2D eigenvalue weighted by molar-refractivity contribution is -0.125. The predicted molar refractivity (Wildman–Crippen MR) is 48.4 cm³/mol. The van der Waals surface area contributed by atoms with Crippen LogP contribution in [0.5, 0.6) is 0 Å². The van der Waals surface area contributed by atoms with Gasteiger partial charge in [-0.1, -0.05) is 18.2 Å². The van der Waals surface area contributed by atoms with E-state index in [1.54, 1.807) is 18.2 Å². The summed E-state index contributed by atoms with van der Waals surface area (Å²) in [6, 6.07) is 6.29. The summed E-state index contributed by atoms with van der Waals surface area (Å²) in [5, 5.41) is 0. The number of hydrogen-bond donors (Lipinski definition) is 2. The van der Waals surface area contributed by atoms with Crippen molar-refractivity contribution < 1.29 is 14.0 Å². The van der Waals surface area contributed by atoms with Gasteiger partial charge in [0.05, 0.1) is 0 Å². The van der Waals surface area contributed by atoms with Crippen molar-refractivity contribution in [2.75, 3.05) is 6.61 Å². The molecule has 0 saturated heterocycles. The van der Waals surface area contributed by atoms with E-state index in [4.69, 9.17) is 5.73 Å². The quantitative estimate of drug-likeness (QED) is 0.529. The van der Waals surface area contributed by atoms with Gasteiger partial charge in [0.1, 0.15) is 12.4 Å². The average Bonchev–Trinajstić information content (AvgIpc) is 2.15. The Morgan fingerprint density at radius 1 is 1.50 bits per heavy atom. The van der Waals surface area contributed by atoms with Crippen molar-refractivity contribution in [2.24, 2.45) is 5.73 Å². The van der Waals surface area contributed by atoms with E-state index in [2.05, 4.69) is 10.3 Å². The van der Waals surface area contributed by atoms with Crippen LogP contribution in [0.15, 0.2) is 24.3 Å². The molecule has 0 saturated carbocycles. The number of carbonyl (C=O) groups is 1. The van der Waals surface area contributed by atoms with Gasteiger partial charge in [0.2, 0.25) is 5.91 Å². The Hall–Kier alpha value is -1.46. The first-order chi connectivity index (χ1) is 6.70. The number of amides is 1. The van der Waals surface area contributed by atoms with Crippen molar-refractivity contribution in [1.29, 1.82) is 0 Å². The SMILES string of the molecule is NC(=O)CONCc1ccccc1F. The van der Waals surface area contributed by atoms with Crippen molar-refractivity contribution >= 4 is 5.91 Å². The van der Waals surface area contributed by atoms with Gasteiger partial charge in [-0.2, -0.15) is 5.48 Å². The van der Waals surface area contributed by atoms with Crippen molar-refractivity contribution in [3.8, 4) is 0 Å². The molecule has 1 rings (SSSR count). The second kappa shape index (κ2) is 5.31. The topological polar surface area (TPSA) is 64.4 Å². The minimum absolute atomic E-state index is 0.194. The first-order valence-corrected chi connectivity index (χ1v) is 4.06. The van der Waals surface area contributed by atoms with Crippen molar-refractivity contribution in [2.45, 2.75) is 6.54 Å². The van der Waals surface area contributed by atoms with Crippen LogP contribution in [0.2, 0.25) is 0 Å². The van der Waals surface area contributed by atoms with Crippen molar-refractivity contribution in [3.05, 3.63) is 35.6 Å². The van der Waals surface area contributed by atoms with Gasteiger partial charge in [-0.05, 0) is 6.07 Å². The zero-order valence-electron chi connectivity index (χ0n) is 7.50. The molecule has 1 aromatic carbocycles. The van der Waals surface area contributed by atoms with Crippen LogP contribution in [0.3, 0.4) is 0 Å². The minimum atomic E-state index is -0.578. The van der Waals surface area contributed by atoms with Gasteiger partial charge >= 0.3 is 0 Å². The van der Waals surface area contributed by atoms with E-state index in [1.165, 1.54) is 6.07 Å². The molecule has 0 atom stereocenters. The molecular formula is C9H11FN2O2. The highest BCUT2D eigenvalue weighted by Gasteiger charge is 1.99. The smallest absolute Gasteiger partial charge is 0.245 e. The second-order valence-electron chi connectivity index (χ2n) is 2.67. The summed E-state index contributed by atoms with van der Waals surface area (Å²) < 4.78 is 13.0. The molecule has 0 aliphatic rings. The molecule has 0 aromatic heterocycles. The first kappa shape index (κ1) is 10.6. The van der Waals surface area contributed by atoms with Gasteiger partial charge in [0.25, 0.3) is 0 Å². The van der Waals surface area contributed by atoms with Crippen LogP contribution in [-0.4, -0.2) is 12.5 Å². The highest BCUT2D eigenvalue weighted by molar-refractivity contribution is 5.74. The third kappa shape index (κ3) is 3.51. The fourth-order valence-corrected chi connectivity index (χ4v) is 0.893. The third-order valence-electron chi connectivity index (χ3n) is 1.54. The Bertz CT molecular complexity index is 317. The molecule has 76 valence electrons. The second-order valence-corrected chi connectivity index (χ2v) is 2.67. The lowest BCUT2D eigenvalue weighted by Crippen LogP contribution is -2.24. The summed E-state index contributed by atoms with van der Waals surface area (Å²) in [6.07, 6.45) is 0. The van der Waals surface area contributed by atoms with E-state index in [0.29, 0.717) is 5.56 Å². The first-order valence-electron chi connectivity index (χ1n) is 4.06. The van der Waals surface area contributed by atoms with Crippen LogP contribution >= 0.6 is 0 Å². The van der Waals surface area contributed by atoms with Gasteiger partial charge < -0.3 is 5.73 Å². The minimum Gasteiger partial charge on any atom is -0.368 e. The summed E-state index contributed by atoms with van der Waals surface area (Å²) in [5.74, 6) is -0.895. The van der Waals surface area contributed by atoms with E-state index in [9.17, 15) is 9.18 Å². The Morgan fingerprint density at radius 2 is 2.21 bits per heavy atom. The molecule has 0 radical (unpaired) electrons.